The molecule has 0 aromatic carbocycles. The Labute approximate surface area is 209 Å². The topological polar surface area (TPSA) is 107 Å². The van der Waals surface area contributed by atoms with Gasteiger partial charge in [-0.05, 0) is 52.5 Å². The number of nitrogens with zero attached hydrogens (tertiary/aromatic N) is 1. The van der Waals surface area contributed by atoms with E-state index in [0.717, 1.165) is 18.4 Å². The first-order valence-corrected chi connectivity index (χ1v) is 12.2. The van der Waals surface area contributed by atoms with Crippen molar-refractivity contribution >= 4 is 12.0 Å². The van der Waals surface area contributed by atoms with E-state index >= 15 is 0 Å². The molecule has 35 heavy (non-hydrogen) atoms. The number of amides is 2. The van der Waals surface area contributed by atoms with Crippen molar-refractivity contribution in [2.75, 3.05) is 33.9 Å². The lowest BCUT2D eigenvalue weighted by Gasteiger charge is -2.39. The minimum absolute atomic E-state index is 0.0112. The average molecular weight is 495 g/mol. The number of aliphatic hydroxyl groups excluding tert-OH is 1. The lowest BCUT2D eigenvalue weighted by Crippen LogP contribution is -2.46. The van der Waals surface area contributed by atoms with E-state index < -0.39 is 12.2 Å². The number of allylic oxidation sites excluding steroid dienone is 2. The van der Waals surface area contributed by atoms with E-state index in [2.05, 4.69) is 31.3 Å². The van der Waals surface area contributed by atoms with Gasteiger partial charge in [0.15, 0.2) is 6.29 Å². The van der Waals surface area contributed by atoms with Gasteiger partial charge in [-0.25, -0.2) is 4.79 Å². The van der Waals surface area contributed by atoms with Crippen LogP contribution in [0.15, 0.2) is 36.0 Å². The minimum atomic E-state index is -0.518. The van der Waals surface area contributed by atoms with Crippen LogP contribution in [0, 0.1) is 5.92 Å². The zero-order chi connectivity index (χ0) is 26.0. The highest BCUT2D eigenvalue weighted by atomic mass is 16.7. The summed E-state index contributed by atoms with van der Waals surface area (Å²) in [6.07, 6.45) is 9.93. The fourth-order valence-corrected chi connectivity index (χ4v) is 4.02. The molecular weight excluding hydrogens is 452 g/mol. The van der Waals surface area contributed by atoms with E-state index in [0.29, 0.717) is 19.6 Å². The molecule has 0 spiro atoms. The molecule has 0 saturated carbocycles. The van der Waals surface area contributed by atoms with Crippen LogP contribution in [0.1, 0.15) is 47.0 Å². The quantitative estimate of drug-likeness (QED) is 0.375. The monoisotopic (exact) mass is 494 g/mol. The lowest BCUT2D eigenvalue weighted by atomic mass is 9.86. The summed E-state index contributed by atoms with van der Waals surface area (Å²) in [5, 5.41) is 12.4. The van der Waals surface area contributed by atoms with Crippen LogP contribution >= 0.6 is 0 Å². The Morgan fingerprint density at radius 1 is 1.23 bits per heavy atom. The molecule has 9 nitrogen and oxygen atoms in total. The van der Waals surface area contributed by atoms with Crippen LogP contribution in [-0.2, 0) is 23.7 Å². The number of ether oxygens (including phenoxy) is 4. The third-order valence-corrected chi connectivity index (χ3v) is 5.76. The van der Waals surface area contributed by atoms with Crippen molar-refractivity contribution in [3.63, 3.8) is 0 Å². The Balaban J connectivity index is 1.70. The third-order valence-electron chi connectivity index (χ3n) is 5.76. The van der Waals surface area contributed by atoms with Gasteiger partial charge in [-0.15, -0.1) is 0 Å². The van der Waals surface area contributed by atoms with Gasteiger partial charge in [0.2, 0.25) is 5.91 Å². The summed E-state index contributed by atoms with van der Waals surface area (Å²) in [5.41, 5.74) is 0.843. The van der Waals surface area contributed by atoms with Crippen LogP contribution in [0.2, 0.25) is 0 Å². The first-order valence-electron chi connectivity index (χ1n) is 12.2. The second kappa shape index (κ2) is 13.8. The van der Waals surface area contributed by atoms with Crippen LogP contribution in [-0.4, -0.2) is 86.1 Å². The molecule has 0 aromatic heterocycles. The van der Waals surface area contributed by atoms with Gasteiger partial charge < -0.3 is 34.3 Å². The van der Waals surface area contributed by atoms with Gasteiger partial charge in [-0.3, -0.25) is 4.79 Å². The number of nitrogens with one attached hydrogen (secondary N) is 1. The van der Waals surface area contributed by atoms with Crippen LogP contribution in [0.3, 0.4) is 0 Å². The Kier molecular flexibility index (Phi) is 11.4. The number of hydrogen-bond acceptors (Lipinski definition) is 7. The molecule has 3 atom stereocenters. The van der Waals surface area contributed by atoms with E-state index in [9.17, 15) is 14.7 Å². The highest BCUT2D eigenvalue weighted by Gasteiger charge is 2.33. The van der Waals surface area contributed by atoms with Crippen molar-refractivity contribution in [2.45, 2.75) is 77.1 Å². The number of aliphatic hydroxyl groups is 1. The maximum Gasteiger partial charge on any atom is 0.409 e. The van der Waals surface area contributed by atoms with E-state index in [-0.39, 0.29) is 42.5 Å². The highest BCUT2D eigenvalue weighted by Crippen LogP contribution is 2.32. The molecule has 0 radical (unpaired) electrons. The van der Waals surface area contributed by atoms with Crippen molar-refractivity contribution < 1.29 is 33.6 Å². The van der Waals surface area contributed by atoms with E-state index in [4.69, 9.17) is 18.9 Å². The molecule has 2 aliphatic heterocycles. The minimum Gasteiger partial charge on any atom is -0.442 e. The van der Waals surface area contributed by atoms with Crippen molar-refractivity contribution in [3.05, 3.63) is 36.0 Å². The van der Waals surface area contributed by atoms with Crippen molar-refractivity contribution in [1.29, 1.82) is 0 Å². The smallest absolute Gasteiger partial charge is 0.409 e. The van der Waals surface area contributed by atoms with E-state index in [1.807, 2.05) is 13.0 Å². The van der Waals surface area contributed by atoms with Crippen LogP contribution < -0.4 is 5.32 Å². The Bertz CT molecular complexity index is 783. The van der Waals surface area contributed by atoms with Gasteiger partial charge in [0.25, 0.3) is 0 Å². The molecule has 2 N–H and O–H groups in total. The molecule has 2 heterocycles. The van der Waals surface area contributed by atoms with E-state index in [1.165, 1.54) is 17.1 Å². The lowest BCUT2D eigenvalue weighted by molar-refractivity contribution is -0.187. The van der Waals surface area contributed by atoms with Crippen LogP contribution in [0.25, 0.3) is 0 Å². The van der Waals surface area contributed by atoms with Gasteiger partial charge in [0.05, 0.1) is 31.0 Å². The summed E-state index contributed by atoms with van der Waals surface area (Å²) in [7, 11) is 3.19. The second-order valence-electron chi connectivity index (χ2n) is 10.1. The number of carbonyl (C=O) groups is 2. The van der Waals surface area contributed by atoms with Crippen LogP contribution in [0.5, 0.6) is 0 Å². The SMILES string of the molecule is CC(/C=C/[C@@H]1C[C@H](CO)CC(C)(C)O1)=C\CC1OCC(NC(=O)/C=C\[C@H](C)OC(=O)N(C)C)CO1. The zero-order valence-electron chi connectivity index (χ0n) is 21.9. The molecule has 2 saturated heterocycles. The molecule has 2 fully saturated rings. The zero-order valence-corrected chi connectivity index (χ0v) is 21.9. The normalized spacial score (nSPS) is 28.1. The molecular formula is C26H42N2O7. The molecule has 0 unspecified atom stereocenters. The standard InChI is InChI=1S/C26H42N2O7/c1-18(7-10-22-13-20(15-29)14-26(3,4)35-22)8-12-24-32-16-21(17-33-24)27-23(30)11-9-19(2)34-25(31)28(5)6/h7-11,19-22,24,29H,12-17H2,1-6H3,(H,27,30)/b10-7+,11-9-,18-8+/t19-,20-,21?,22+,24?/m0/s1. The second-order valence-corrected chi connectivity index (χ2v) is 10.1. The molecule has 0 aromatic rings. The van der Waals surface area contributed by atoms with Crippen molar-refractivity contribution in [3.8, 4) is 0 Å². The predicted molar refractivity (Wildman–Crippen MR) is 133 cm³/mol. The molecule has 0 aliphatic carbocycles. The predicted octanol–water partition coefficient (Wildman–Crippen LogP) is 2.95. The fraction of sp³-hybridized carbons (Fsp3) is 0.692. The third kappa shape index (κ3) is 10.9. The molecule has 2 amide bonds. The summed E-state index contributed by atoms with van der Waals surface area (Å²) >= 11 is 0. The summed E-state index contributed by atoms with van der Waals surface area (Å²) < 4.78 is 22.7. The Morgan fingerprint density at radius 3 is 2.54 bits per heavy atom. The fourth-order valence-electron chi connectivity index (χ4n) is 4.02. The van der Waals surface area contributed by atoms with Crippen molar-refractivity contribution in [2.24, 2.45) is 5.92 Å². The summed E-state index contributed by atoms with van der Waals surface area (Å²) in [6.45, 7) is 8.71. The van der Waals surface area contributed by atoms with Gasteiger partial charge in [-0.2, -0.15) is 0 Å². The summed E-state index contributed by atoms with van der Waals surface area (Å²) in [6, 6.07) is -0.251. The molecule has 9 heteroatoms. The summed E-state index contributed by atoms with van der Waals surface area (Å²) in [4.78, 5) is 24.9. The van der Waals surface area contributed by atoms with Crippen LogP contribution in [0.4, 0.5) is 4.79 Å². The van der Waals surface area contributed by atoms with Crippen molar-refractivity contribution in [1.82, 2.24) is 10.2 Å². The number of carbonyl (C=O) groups excluding carboxylic acids is 2. The Hall–Kier alpha value is -2.20. The maximum atomic E-state index is 12.1. The first kappa shape index (κ1) is 29.0. The largest absolute Gasteiger partial charge is 0.442 e. The highest BCUT2D eigenvalue weighted by molar-refractivity contribution is 5.87. The summed E-state index contributed by atoms with van der Waals surface area (Å²) in [5.74, 6) is -0.0412. The number of hydrogen-bond donors (Lipinski definition) is 2. The van der Waals surface area contributed by atoms with Gasteiger partial charge >= 0.3 is 6.09 Å². The molecule has 2 aliphatic rings. The molecule has 198 valence electrons. The van der Waals surface area contributed by atoms with Gasteiger partial charge in [0, 0.05) is 33.2 Å². The number of rotatable bonds is 9. The maximum absolute atomic E-state index is 12.1. The molecule has 0 bridgehead atoms. The molecule has 2 rings (SSSR count). The van der Waals surface area contributed by atoms with Gasteiger partial charge in [0.1, 0.15) is 6.10 Å². The van der Waals surface area contributed by atoms with E-state index in [1.54, 1.807) is 21.0 Å². The average Bonchev–Trinajstić information content (AvgIpc) is 2.79. The Morgan fingerprint density at radius 2 is 1.91 bits per heavy atom. The first-order chi connectivity index (χ1) is 16.5. The van der Waals surface area contributed by atoms with Gasteiger partial charge in [-0.1, -0.05) is 23.8 Å².